The van der Waals surface area contributed by atoms with Gasteiger partial charge in [0.15, 0.2) is 11.5 Å². The molecule has 1 aliphatic rings. The molecule has 3 rings (SSSR count). The van der Waals surface area contributed by atoms with Crippen LogP contribution in [0, 0.1) is 0 Å². The Bertz CT molecular complexity index is 862. The quantitative estimate of drug-likeness (QED) is 0.806. The fraction of sp³-hybridized carbons (Fsp3) is 0.200. The Hall–Kier alpha value is -3.28. The van der Waals surface area contributed by atoms with Gasteiger partial charge in [-0.2, -0.15) is 0 Å². The van der Waals surface area contributed by atoms with Gasteiger partial charge >= 0.3 is 0 Å². The molecule has 1 N–H and O–H groups in total. The molecule has 1 aliphatic heterocycles. The average Bonchev–Trinajstić information content (AvgIpc) is 3.27. The molecule has 1 amide bonds. The first-order chi connectivity index (χ1) is 12.6. The van der Waals surface area contributed by atoms with Gasteiger partial charge in [0.25, 0.3) is 5.91 Å². The highest BCUT2D eigenvalue weighted by Gasteiger charge is 2.42. The molecule has 26 heavy (non-hydrogen) atoms. The maximum Gasteiger partial charge on any atom is 0.290 e. The zero-order chi connectivity index (χ0) is 18.7. The van der Waals surface area contributed by atoms with Crippen LogP contribution in [0.4, 0.5) is 0 Å². The first-order valence-corrected chi connectivity index (χ1v) is 8.20. The number of ketones is 1. The minimum atomic E-state index is -0.646. The van der Waals surface area contributed by atoms with E-state index in [-0.39, 0.29) is 5.57 Å². The van der Waals surface area contributed by atoms with Crippen LogP contribution in [0.5, 0.6) is 5.75 Å². The molecular weight excluding hydrogens is 334 g/mol. The molecule has 1 atom stereocenters. The van der Waals surface area contributed by atoms with E-state index < -0.39 is 23.5 Å². The van der Waals surface area contributed by atoms with Crippen LogP contribution in [-0.2, 0) is 9.59 Å². The summed E-state index contributed by atoms with van der Waals surface area (Å²) in [5.41, 5.74) is 0.782. The number of amides is 1. The SMILES string of the molecule is CCN1C(=O)C(O)=C(C(=O)/C=C/c2ccco2)C1c1ccc(OC)cc1. The molecular formula is C20H19NO5. The Morgan fingerprint density at radius 1 is 1.31 bits per heavy atom. The molecule has 0 saturated heterocycles. The molecule has 1 aromatic heterocycles. The fourth-order valence-corrected chi connectivity index (χ4v) is 3.00. The molecule has 6 nitrogen and oxygen atoms in total. The smallest absolute Gasteiger partial charge is 0.290 e. The Labute approximate surface area is 151 Å². The predicted molar refractivity (Wildman–Crippen MR) is 95.5 cm³/mol. The lowest BCUT2D eigenvalue weighted by molar-refractivity contribution is -0.129. The van der Waals surface area contributed by atoms with E-state index in [4.69, 9.17) is 9.15 Å². The van der Waals surface area contributed by atoms with E-state index in [0.717, 1.165) is 5.56 Å². The van der Waals surface area contributed by atoms with Crippen molar-refractivity contribution in [2.75, 3.05) is 13.7 Å². The Balaban J connectivity index is 1.98. The molecule has 1 aromatic carbocycles. The zero-order valence-corrected chi connectivity index (χ0v) is 14.5. The van der Waals surface area contributed by atoms with Crippen molar-refractivity contribution < 1.29 is 23.8 Å². The van der Waals surface area contributed by atoms with Crippen LogP contribution in [0.25, 0.3) is 6.08 Å². The van der Waals surface area contributed by atoms with Crippen molar-refractivity contribution in [1.82, 2.24) is 4.90 Å². The Morgan fingerprint density at radius 2 is 2.04 bits per heavy atom. The van der Waals surface area contributed by atoms with Crippen molar-refractivity contribution in [3.8, 4) is 5.75 Å². The highest BCUT2D eigenvalue weighted by molar-refractivity contribution is 6.14. The Kier molecular flexibility index (Phi) is 4.93. The minimum absolute atomic E-state index is 0.0600. The predicted octanol–water partition coefficient (Wildman–Crippen LogP) is 3.29. The molecule has 0 bridgehead atoms. The third-order valence-electron chi connectivity index (χ3n) is 4.28. The highest BCUT2D eigenvalue weighted by Crippen LogP contribution is 2.38. The van der Waals surface area contributed by atoms with Gasteiger partial charge in [-0.05, 0) is 48.9 Å². The molecule has 2 heterocycles. The third kappa shape index (κ3) is 3.13. The number of aliphatic hydroxyl groups excluding tert-OH is 1. The van der Waals surface area contributed by atoms with Crippen LogP contribution in [0.1, 0.15) is 24.3 Å². The number of carbonyl (C=O) groups is 2. The second-order valence-corrected chi connectivity index (χ2v) is 5.74. The summed E-state index contributed by atoms with van der Waals surface area (Å²) >= 11 is 0. The molecule has 1 unspecified atom stereocenters. The van der Waals surface area contributed by atoms with E-state index in [1.54, 1.807) is 50.4 Å². The molecule has 0 radical (unpaired) electrons. The van der Waals surface area contributed by atoms with E-state index in [9.17, 15) is 14.7 Å². The molecule has 2 aromatic rings. The maximum absolute atomic E-state index is 12.7. The topological polar surface area (TPSA) is 80.0 Å². The number of hydrogen-bond donors (Lipinski definition) is 1. The monoisotopic (exact) mass is 353 g/mol. The van der Waals surface area contributed by atoms with Crippen molar-refractivity contribution in [1.29, 1.82) is 0 Å². The van der Waals surface area contributed by atoms with Crippen LogP contribution >= 0.6 is 0 Å². The van der Waals surface area contributed by atoms with Gasteiger partial charge in [0.2, 0.25) is 0 Å². The number of ether oxygens (including phenoxy) is 1. The van der Waals surface area contributed by atoms with Gasteiger partial charge in [0, 0.05) is 6.54 Å². The summed E-state index contributed by atoms with van der Waals surface area (Å²) in [6.07, 6.45) is 4.30. The molecule has 6 heteroatoms. The van der Waals surface area contributed by atoms with Crippen LogP contribution in [0.15, 0.2) is 64.5 Å². The van der Waals surface area contributed by atoms with Crippen molar-refractivity contribution >= 4 is 17.8 Å². The van der Waals surface area contributed by atoms with Crippen LogP contribution < -0.4 is 4.74 Å². The summed E-state index contributed by atoms with van der Waals surface area (Å²) < 4.78 is 10.3. The number of aliphatic hydroxyl groups is 1. The van der Waals surface area contributed by atoms with Gasteiger partial charge in [0.1, 0.15) is 11.5 Å². The number of methoxy groups -OCH3 is 1. The van der Waals surface area contributed by atoms with Gasteiger partial charge in [-0.25, -0.2) is 0 Å². The van der Waals surface area contributed by atoms with Crippen LogP contribution in [-0.4, -0.2) is 35.4 Å². The number of allylic oxidation sites excluding steroid dienone is 1. The van der Waals surface area contributed by atoms with Crippen molar-refractivity contribution in [2.24, 2.45) is 0 Å². The largest absolute Gasteiger partial charge is 0.503 e. The highest BCUT2D eigenvalue weighted by atomic mass is 16.5. The standard InChI is InChI=1S/C20H19NO5/c1-3-21-18(13-6-8-14(25-2)9-7-13)17(19(23)20(21)24)16(22)11-10-15-5-4-12-26-15/h4-12,18,23H,3H2,1-2H3/b11-10+. The normalized spacial score (nSPS) is 17.4. The number of hydrogen-bond acceptors (Lipinski definition) is 5. The summed E-state index contributed by atoms with van der Waals surface area (Å²) in [7, 11) is 1.56. The molecule has 0 fully saturated rings. The van der Waals surface area contributed by atoms with Gasteiger partial charge in [0.05, 0.1) is 25.0 Å². The average molecular weight is 353 g/mol. The lowest BCUT2D eigenvalue weighted by atomic mass is 9.95. The van der Waals surface area contributed by atoms with E-state index in [0.29, 0.717) is 18.1 Å². The molecule has 134 valence electrons. The Morgan fingerprint density at radius 3 is 2.62 bits per heavy atom. The third-order valence-corrected chi connectivity index (χ3v) is 4.28. The summed E-state index contributed by atoms with van der Waals surface area (Å²) in [5.74, 6) is -0.329. The summed E-state index contributed by atoms with van der Waals surface area (Å²) in [4.78, 5) is 26.6. The lowest BCUT2D eigenvalue weighted by Gasteiger charge is -2.25. The van der Waals surface area contributed by atoms with E-state index in [1.807, 2.05) is 0 Å². The summed E-state index contributed by atoms with van der Waals surface area (Å²) in [5, 5.41) is 10.3. The van der Waals surface area contributed by atoms with Crippen molar-refractivity contribution in [2.45, 2.75) is 13.0 Å². The maximum atomic E-state index is 12.7. The minimum Gasteiger partial charge on any atom is -0.503 e. The molecule has 0 spiro atoms. The molecule has 0 saturated carbocycles. The number of likely N-dealkylation sites (N-methyl/N-ethyl adjacent to an activating group) is 1. The van der Waals surface area contributed by atoms with Crippen molar-refractivity contribution in [3.05, 3.63) is 71.4 Å². The van der Waals surface area contributed by atoms with E-state index in [2.05, 4.69) is 0 Å². The zero-order valence-electron chi connectivity index (χ0n) is 14.5. The van der Waals surface area contributed by atoms with Crippen molar-refractivity contribution in [3.63, 3.8) is 0 Å². The van der Waals surface area contributed by atoms with Gasteiger partial charge in [-0.15, -0.1) is 0 Å². The number of carbonyl (C=O) groups excluding carboxylic acids is 2. The fourth-order valence-electron chi connectivity index (χ4n) is 3.00. The first-order valence-electron chi connectivity index (χ1n) is 8.20. The number of nitrogens with zero attached hydrogens (tertiary/aromatic N) is 1. The van der Waals surface area contributed by atoms with E-state index >= 15 is 0 Å². The summed E-state index contributed by atoms with van der Waals surface area (Å²) in [6, 6.07) is 9.83. The van der Waals surface area contributed by atoms with Crippen LogP contribution in [0.3, 0.4) is 0 Å². The molecule has 0 aliphatic carbocycles. The van der Waals surface area contributed by atoms with Gasteiger partial charge in [-0.1, -0.05) is 12.1 Å². The number of benzene rings is 1. The van der Waals surface area contributed by atoms with Gasteiger partial charge < -0.3 is 19.2 Å². The van der Waals surface area contributed by atoms with Crippen LogP contribution in [0.2, 0.25) is 0 Å². The second kappa shape index (κ2) is 7.31. The second-order valence-electron chi connectivity index (χ2n) is 5.74. The number of rotatable bonds is 6. The number of furan rings is 1. The van der Waals surface area contributed by atoms with E-state index in [1.165, 1.54) is 23.3 Å². The summed E-state index contributed by atoms with van der Waals surface area (Å²) in [6.45, 7) is 2.16. The van der Waals surface area contributed by atoms with Gasteiger partial charge in [-0.3, -0.25) is 9.59 Å². The first kappa shape index (κ1) is 17.5. The lowest BCUT2D eigenvalue weighted by Crippen LogP contribution is -2.30.